The van der Waals surface area contributed by atoms with Crippen molar-refractivity contribution in [3.63, 3.8) is 0 Å². The quantitative estimate of drug-likeness (QED) is 0.870. The molecule has 0 bridgehead atoms. The van der Waals surface area contributed by atoms with Crippen LogP contribution in [0, 0.1) is 0 Å². The minimum absolute atomic E-state index is 0.0794. The largest absolute Gasteiger partial charge is 0.480 e. The molecular formula is C14H13NO2S. The molecule has 0 radical (unpaired) electrons. The summed E-state index contributed by atoms with van der Waals surface area (Å²) in [5.74, 6) is -0.155. The Kier molecular flexibility index (Phi) is 2.97. The van der Waals surface area contributed by atoms with Crippen LogP contribution in [-0.2, 0) is 4.79 Å². The van der Waals surface area contributed by atoms with Crippen molar-refractivity contribution in [2.24, 2.45) is 0 Å². The molecule has 4 heteroatoms. The van der Waals surface area contributed by atoms with Crippen molar-refractivity contribution in [1.82, 2.24) is 5.32 Å². The van der Waals surface area contributed by atoms with Crippen molar-refractivity contribution in [2.45, 2.75) is 11.4 Å². The van der Waals surface area contributed by atoms with Gasteiger partial charge < -0.3 is 5.11 Å². The third-order valence-corrected chi connectivity index (χ3v) is 4.42. The number of fused-ring (bicyclic) bond motifs is 1. The molecule has 1 saturated heterocycles. The summed E-state index contributed by atoms with van der Waals surface area (Å²) >= 11 is 1.65. The van der Waals surface area contributed by atoms with Gasteiger partial charge in [0, 0.05) is 5.75 Å². The number of carboxylic acid groups (broad SMARTS) is 1. The fourth-order valence-corrected chi connectivity index (χ4v) is 3.40. The molecule has 0 saturated carbocycles. The second-order valence-electron chi connectivity index (χ2n) is 4.38. The van der Waals surface area contributed by atoms with Crippen LogP contribution in [0.1, 0.15) is 10.9 Å². The molecule has 3 rings (SSSR count). The maximum atomic E-state index is 10.9. The average Bonchev–Trinajstić information content (AvgIpc) is 2.88. The van der Waals surface area contributed by atoms with Gasteiger partial charge in [-0.05, 0) is 22.4 Å². The first-order valence-corrected chi connectivity index (χ1v) is 6.88. The SMILES string of the molecule is O=C(O)[C@H]1CSC(c2ccc3ccccc3c2)N1. The van der Waals surface area contributed by atoms with E-state index in [0.717, 1.165) is 5.56 Å². The first kappa shape index (κ1) is 11.6. The summed E-state index contributed by atoms with van der Waals surface area (Å²) in [5, 5.41) is 14.6. The molecule has 0 aromatic heterocycles. The third-order valence-electron chi connectivity index (χ3n) is 3.16. The van der Waals surface area contributed by atoms with Crippen LogP contribution >= 0.6 is 11.8 Å². The molecule has 2 aromatic rings. The van der Waals surface area contributed by atoms with Crippen LogP contribution in [0.5, 0.6) is 0 Å². The van der Waals surface area contributed by atoms with E-state index in [0.29, 0.717) is 5.75 Å². The summed E-state index contributed by atoms with van der Waals surface area (Å²) in [6.07, 6.45) is 0. The molecule has 0 amide bonds. The van der Waals surface area contributed by atoms with Gasteiger partial charge in [0.25, 0.3) is 0 Å². The standard InChI is InChI=1S/C14H13NO2S/c16-14(17)12-8-18-13(15-12)11-6-5-9-3-1-2-4-10(9)7-11/h1-7,12-13,15H,8H2,(H,16,17)/t12-,13?/m1/s1. The molecule has 0 spiro atoms. The highest BCUT2D eigenvalue weighted by atomic mass is 32.2. The molecule has 0 aliphatic carbocycles. The minimum Gasteiger partial charge on any atom is -0.480 e. The second kappa shape index (κ2) is 4.63. The molecule has 18 heavy (non-hydrogen) atoms. The second-order valence-corrected chi connectivity index (χ2v) is 5.52. The van der Waals surface area contributed by atoms with Gasteiger partial charge in [0.1, 0.15) is 6.04 Å². The molecule has 2 aromatic carbocycles. The highest BCUT2D eigenvalue weighted by Gasteiger charge is 2.30. The lowest BCUT2D eigenvalue weighted by Gasteiger charge is -2.12. The molecule has 1 heterocycles. The van der Waals surface area contributed by atoms with E-state index in [4.69, 9.17) is 5.11 Å². The normalized spacial score (nSPS) is 23.3. The van der Waals surface area contributed by atoms with Crippen molar-refractivity contribution in [2.75, 3.05) is 5.75 Å². The Morgan fingerprint density at radius 3 is 2.72 bits per heavy atom. The van der Waals surface area contributed by atoms with E-state index >= 15 is 0 Å². The molecular weight excluding hydrogens is 246 g/mol. The number of nitrogens with one attached hydrogen (secondary N) is 1. The number of benzene rings is 2. The van der Waals surface area contributed by atoms with Crippen molar-refractivity contribution >= 4 is 28.5 Å². The van der Waals surface area contributed by atoms with Crippen LogP contribution in [-0.4, -0.2) is 22.9 Å². The van der Waals surface area contributed by atoms with Crippen LogP contribution in [0.4, 0.5) is 0 Å². The van der Waals surface area contributed by atoms with Crippen molar-refractivity contribution in [1.29, 1.82) is 0 Å². The number of aliphatic carboxylic acids is 1. The van der Waals surface area contributed by atoms with Gasteiger partial charge in [0.2, 0.25) is 0 Å². The predicted molar refractivity (Wildman–Crippen MR) is 73.7 cm³/mol. The third kappa shape index (κ3) is 2.09. The number of carbonyl (C=O) groups is 1. The number of hydrogen-bond acceptors (Lipinski definition) is 3. The molecule has 92 valence electrons. The first-order chi connectivity index (χ1) is 8.74. The molecule has 3 nitrogen and oxygen atoms in total. The molecule has 1 aliphatic heterocycles. The van der Waals surface area contributed by atoms with Crippen molar-refractivity contribution in [3.05, 3.63) is 48.0 Å². The lowest BCUT2D eigenvalue weighted by atomic mass is 10.1. The summed E-state index contributed by atoms with van der Waals surface area (Å²) in [7, 11) is 0. The van der Waals surface area contributed by atoms with E-state index in [1.54, 1.807) is 11.8 Å². The highest BCUT2D eigenvalue weighted by Crippen LogP contribution is 2.34. The first-order valence-electron chi connectivity index (χ1n) is 5.83. The number of rotatable bonds is 2. The predicted octanol–water partition coefficient (Wildman–Crippen LogP) is 2.63. The average molecular weight is 259 g/mol. The molecule has 2 atom stereocenters. The van der Waals surface area contributed by atoms with Gasteiger partial charge in [-0.25, -0.2) is 0 Å². The van der Waals surface area contributed by atoms with Crippen LogP contribution in [0.15, 0.2) is 42.5 Å². The lowest BCUT2D eigenvalue weighted by molar-refractivity contribution is -0.138. The van der Waals surface area contributed by atoms with Gasteiger partial charge in [-0.3, -0.25) is 10.1 Å². The molecule has 1 fully saturated rings. The zero-order valence-electron chi connectivity index (χ0n) is 9.67. The minimum atomic E-state index is -0.772. The Hall–Kier alpha value is -1.52. The maximum absolute atomic E-state index is 10.9. The van der Waals surface area contributed by atoms with Gasteiger partial charge >= 0.3 is 5.97 Å². The van der Waals surface area contributed by atoms with E-state index in [9.17, 15) is 4.79 Å². The topological polar surface area (TPSA) is 49.3 Å². The number of thioether (sulfide) groups is 1. The fraction of sp³-hybridized carbons (Fsp3) is 0.214. The summed E-state index contributed by atoms with van der Waals surface area (Å²) < 4.78 is 0. The molecule has 1 unspecified atom stereocenters. The molecule has 2 N–H and O–H groups in total. The summed E-state index contributed by atoms with van der Waals surface area (Å²) in [6.45, 7) is 0. The summed E-state index contributed by atoms with van der Waals surface area (Å²) in [4.78, 5) is 10.9. The van der Waals surface area contributed by atoms with Crippen LogP contribution in [0.25, 0.3) is 10.8 Å². The Morgan fingerprint density at radius 2 is 2.00 bits per heavy atom. The Bertz CT molecular complexity index is 599. The maximum Gasteiger partial charge on any atom is 0.321 e. The van der Waals surface area contributed by atoms with Crippen LogP contribution in [0.3, 0.4) is 0 Å². The fourth-order valence-electron chi connectivity index (χ4n) is 2.18. The van der Waals surface area contributed by atoms with Gasteiger partial charge in [0.05, 0.1) is 5.37 Å². The highest BCUT2D eigenvalue weighted by molar-refractivity contribution is 7.99. The van der Waals surface area contributed by atoms with Crippen molar-refractivity contribution in [3.8, 4) is 0 Å². The number of hydrogen-bond donors (Lipinski definition) is 2. The van der Waals surface area contributed by atoms with E-state index in [1.165, 1.54) is 10.8 Å². The van der Waals surface area contributed by atoms with Gasteiger partial charge in [-0.1, -0.05) is 36.4 Å². The van der Waals surface area contributed by atoms with E-state index < -0.39 is 12.0 Å². The van der Waals surface area contributed by atoms with E-state index in [2.05, 4.69) is 35.6 Å². The number of carboxylic acids is 1. The molecule has 1 aliphatic rings. The van der Waals surface area contributed by atoms with Gasteiger partial charge in [0.15, 0.2) is 0 Å². The van der Waals surface area contributed by atoms with E-state index in [-0.39, 0.29) is 5.37 Å². The Morgan fingerprint density at radius 1 is 1.22 bits per heavy atom. The Labute approximate surface area is 109 Å². The van der Waals surface area contributed by atoms with Crippen LogP contribution in [0.2, 0.25) is 0 Å². The Balaban J connectivity index is 1.89. The van der Waals surface area contributed by atoms with Crippen LogP contribution < -0.4 is 5.32 Å². The van der Waals surface area contributed by atoms with Gasteiger partial charge in [-0.15, -0.1) is 11.8 Å². The smallest absolute Gasteiger partial charge is 0.321 e. The van der Waals surface area contributed by atoms with Crippen molar-refractivity contribution < 1.29 is 9.90 Å². The van der Waals surface area contributed by atoms with Gasteiger partial charge in [-0.2, -0.15) is 0 Å². The summed E-state index contributed by atoms with van der Waals surface area (Å²) in [5.41, 5.74) is 1.14. The zero-order valence-corrected chi connectivity index (χ0v) is 10.5. The monoisotopic (exact) mass is 259 g/mol. The zero-order chi connectivity index (χ0) is 12.5. The van der Waals surface area contributed by atoms with E-state index in [1.807, 2.05) is 12.1 Å². The summed E-state index contributed by atoms with van der Waals surface area (Å²) in [6, 6.07) is 14.0. The lowest BCUT2D eigenvalue weighted by Crippen LogP contribution is -2.33.